The summed E-state index contributed by atoms with van der Waals surface area (Å²) in [4.78, 5) is 10.9. The number of carbonyl (C=O) groups is 1. The molecule has 0 fully saturated rings. The van der Waals surface area contributed by atoms with Crippen molar-refractivity contribution in [2.45, 2.75) is 13.2 Å². The van der Waals surface area contributed by atoms with Gasteiger partial charge in [0.15, 0.2) is 0 Å². The summed E-state index contributed by atoms with van der Waals surface area (Å²) in [6.45, 7) is 0.377. The molecule has 0 aliphatic rings. The number of aromatic amines is 1. The van der Waals surface area contributed by atoms with Crippen LogP contribution in [0.5, 0.6) is 0 Å². The van der Waals surface area contributed by atoms with E-state index in [-0.39, 0.29) is 12.3 Å². The Morgan fingerprint density at radius 3 is 2.67 bits per heavy atom. The summed E-state index contributed by atoms with van der Waals surface area (Å²) >= 11 is 0. The molecule has 6 nitrogen and oxygen atoms in total. The topological polar surface area (TPSA) is 98.2 Å². The summed E-state index contributed by atoms with van der Waals surface area (Å²) in [5.74, 6) is -1.03. The average molecular weight is 247 g/mol. The highest BCUT2D eigenvalue weighted by atomic mass is 16.4. The van der Waals surface area contributed by atoms with Gasteiger partial charge in [-0.25, -0.2) is 4.79 Å². The van der Waals surface area contributed by atoms with Gasteiger partial charge in [-0.1, -0.05) is 12.1 Å². The van der Waals surface area contributed by atoms with E-state index in [0.717, 1.165) is 11.3 Å². The molecule has 0 bridgehead atoms. The lowest BCUT2D eigenvalue weighted by Gasteiger charge is -2.06. The Labute approximate surface area is 103 Å². The second-order valence-electron chi connectivity index (χ2n) is 3.78. The number of carboxylic acid groups (broad SMARTS) is 1. The second kappa shape index (κ2) is 5.33. The number of hydrogen-bond acceptors (Lipinski definition) is 4. The molecule has 94 valence electrons. The maximum absolute atomic E-state index is 10.9. The predicted octanol–water partition coefficient (Wildman–Crippen LogP) is 1.21. The lowest BCUT2D eigenvalue weighted by molar-refractivity contribution is 0.0689. The molecule has 0 spiro atoms. The van der Waals surface area contributed by atoms with Gasteiger partial charge in [0.2, 0.25) is 0 Å². The van der Waals surface area contributed by atoms with Gasteiger partial charge in [-0.15, -0.1) is 0 Å². The molecule has 2 rings (SSSR count). The third kappa shape index (κ3) is 2.67. The molecule has 0 saturated carbocycles. The van der Waals surface area contributed by atoms with Crippen LogP contribution >= 0.6 is 0 Å². The summed E-state index contributed by atoms with van der Waals surface area (Å²) in [6.07, 6.45) is 1.48. The Balaban J connectivity index is 2.02. The summed E-state index contributed by atoms with van der Waals surface area (Å²) in [5, 5.41) is 27.0. The fourth-order valence-electron chi connectivity index (χ4n) is 1.56. The number of aliphatic hydroxyl groups is 1. The fraction of sp³-hybridized carbons (Fsp3) is 0.167. The number of rotatable bonds is 5. The maximum atomic E-state index is 10.9. The van der Waals surface area contributed by atoms with Crippen molar-refractivity contribution in [3.05, 3.63) is 47.3 Å². The van der Waals surface area contributed by atoms with Crippen molar-refractivity contribution >= 4 is 11.7 Å². The van der Waals surface area contributed by atoms with E-state index in [1.54, 1.807) is 12.1 Å². The first-order valence-corrected chi connectivity index (χ1v) is 5.40. The smallest absolute Gasteiger partial charge is 0.354 e. The molecule has 2 aromatic rings. The van der Waals surface area contributed by atoms with Gasteiger partial charge >= 0.3 is 5.97 Å². The SMILES string of the molecule is O=C(O)c1[nH]ncc1CNc1ccc(CO)cc1. The Hall–Kier alpha value is -2.34. The van der Waals surface area contributed by atoms with Crippen LogP contribution in [-0.4, -0.2) is 26.4 Å². The van der Waals surface area contributed by atoms with Crippen LogP contribution < -0.4 is 5.32 Å². The van der Waals surface area contributed by atoms with Crippen LogP contribution in [0.2, 0.25) is 0 Å². The standard InChI is InChI=1S/C12H13N3O3/c16-7-8-1-3-10(4-2-8)13-5-9-6-14-15-11(9)12(17)18/h1-4,6,13,16H,5,7H2,(H,14,15)(H,17,18). The van der Waals surface area contributed by atoms with E-state index in [2.05, 4.69) is 15.5 Å². The van der Waals surface area contributed by atoms with Crippen LogP contribution in [-0.2, 0) is 13.2 Å². The third-order valence-corrected chi connectivity index (χ3v) is 2.55. The first-order chi connectivity index (χ1) is 8.70. The van der Waals surface area contributed by atoms with E-state index in [0.29, 0.717) is 12.1 Å². The number of benzene rings is 1. The van der Waals surface area contributed by atoms with Crippen LogP contribution in [0.4, 0.5) is 5.69 Å². The first kappa shape index (κ1) is 12.1. The first-order valence-electron chi connectivity index (χ1n) is 5.40. The van der Waals surface area contributed by atoms with Gasteiger partial charge in [0.25, 0.3) is 0 Å². The van der Waals surface area contributed by atoms with Crippen LogP contribution in [0.3, 0.4) is 0 Å². The molecular weight excluding hydrogens is 234 g/mol. The minimum atomic E-state index is -1.03. The zero-order valence-electron chi connectivity index (χ0n) is 9.55. The minimum absolute atomic E-state index is 0.00513. The molecule has 1 aromatic carbocycles. The van der Waals surface area contributed by atoms with Crippen molar-refractivity contribution in [3.8, 4) is 0 Å². The quantitative estimate of drug-likeness (QED) is 0.636. The molecule has 0 unspecified atom stereocenters. The minimum Gasteiger partial charge on any atom is -0.477 e. The van der Waals surface area contributed by atoms with E-state index < -0.39 is 5.97 Å². The van der Waals surface area contributed by atoms with Gasteiger partial charge in [0, 0.05) is 17.8 Å². The van der Waals surface area contributed by atoms with E-state index in [9.17, 15) is 4.79 Å². The second-order valence-corrected chi connectivity index (χ2v) is 3.78. The molecule has 18 heavy (non-hydrogen) atoms. The number of nitrogens with zero attached hydrogens (tertiary/aromatic N) is 1. The number of aromatic nitrogens is 2. The van der Waals surface area contributed by atoms with Gasteiger partial charge in [-0.3, -0.25) is 5.10 Å². The van der Waals surface area contributed by atoms with Crippen molar-refractivity contribution in [1.29, 1.82) is 0 Å². The highest BCUT2D eigenvalue weighted by Crippen LogP contribution is 2.12. The molecule has 1 aromatic heterocycles. The normalized spacial score (nSPS) is 10.3. The van der Waals surface area contributed by atoms with E-state index in [1.165, 1.54) is 6.20 Å². The number of H-pyrrole nitrogens is 1. The van der Waals surface area contributed by atoms with Gasteiger partial charge in [0.05, 0.1) is 12.8 Å². The molecular formula is C12H13N3O3. The lowest BCUT2D eigenvalue weighted by atomic mass is 10.2. The molecule has 0 aliphatic heterocycles. The van der Waals surface area contributed by atoms with E-state index >= 15 is 0 Å². The largest absolute Gasteiger partial charge is 0.477 e. The van der Waals surface area contributed by atoms with Gasteiger partial charge in [-0.2, -0.15) is 5.10 Å². The zero-order chi connectivity index (χ0) is 13.0. The van der Waals surface area contributed by atoms with Crippen molar-refractivity contribution in [2.24, 2.45) is 0 Å². The number of carboxylic acids is 1. The molecule has 4 N–H and O–H groups in total. The number of aromatic carboxylic acids is 1. The molecule has 0 atom stereocenters. The Kier molecular flexibility index (Phi) is 3.59. The maximum Gasteiger partial charge on any atom is 0.354 e. The van der Waals surface area contributed by atoms with Crippen molar-refractivity contribution in [1.82, 2.24) is 10.2 Å². The van der Waals surface area contributed by atoms with Crippen LogP contribution in [0.15, 0.2) is 30.5 Å². The predicted molar refractivity (Wildman–Crippen MR) is 65.2 cm³/mol. The Morgan fingerprint density at radius 2 is 2.06 bits per heavy atom. The van der Waals surface area contributed by atoms with Crippen molar-refractivity contribution < 1.29 is 15.0 Å². The molecule has 0 radical (unpaired) electrons. The summed E-state index contributed by atoms with van der Waals surface area (Å²) in [7, 11) is 0. The molecule has 0 saturated heterocycles. The van der Waals surface area contributed by atoms with Crippen LogP contribution in [0, 0.1) is 0 Å². The zero-order valence-corrected chi connectivity index (χ0v) is 9.55. The van der Waals surface area contributed by atoms with Crippen LogP contribution in [0.25, 0.3) is 0 Å². The number of nitrogens with one attached hydrogen (secondary N) is 2. The van der Waals surface area contributed by atoms with Crippen LogP contribution in [0.1, 0.15) is 21.6 Å². The molecule has 1 heterocycles. The molecule has 0 amide bonds. The summed E-state index contributed by atoms with van der Waals surface area (Å²) in [5.41, 5.74) is 2.36. The highest BCUT2D eigenvalue weighted by Gasteiger charge is 2.11. The lowest BCUT2D eigenvalue weighted by Crippen LogP contribution is -2.06. The van der Waals surface area contributed by atoms with Gasteiger partial charge in [-0.05, 0) is 17.7 Å². The molecule has 0 aliphatic carbocycles. The summed E-state index contributed by atoms with van der Waals surface area (Å²) in [6, 6.07) is 7.25. The highest BCUT2D eigenvalue weighted by molar-refractivity contribution is 5.86. The van der Waals surface area contributed by atoms with E-state index in [1.807, 2.05) is 12.1 Å². The molecule has 6 heteroatoms. The average Bonchev–Trinajstić information content (AvgIpc) is 2.85. The third-order valence-electron chi connectivity index (χ3n) is 2.55. The number of anilines is 1. The fourth-order valence-corrected chi connectivity index (χ4v) is 1.56. The number of hydrogen-bond donors (Lipinski definition) is 4. The van der Waals surface area contributed by atoms with Gasteiger partial charge in [0.1, 0.15) is 5.69 Å². The van der Waals surface area contributed by atoms with Crippen molar-refractivity contribution in [2.75, 3.05) is 5.32 Å². The van der Waals surface area contributed by atoms with Crippen molar-refractivity contribution in [3.63, 3.8) is 0 Å². The monoisotopic (exact) mass is 247 g/mol. The van der Waals surface area contributed by atoms with E-state index in [4.69, 9.17) is 10.2 Å². The number of aliphatic hydroxyl groups excluding tert-OH is 1. The summed E-state index contributed by atoms with van der Waals surface area (Å²) < 4.78 is 0. The Morgan fingerprint density at radius 1 is 1.33 bits per heavy atom. The Bertz CT molecular complexity index is 534. The van der Waals surface area contributed by atoms with Gasteiger partial charge < -0.3 is 15.5 Å².